The number of fused-ring (bicyclic) bond motifs is 2. The Morgan fingerprint density at radius 3 is 2.47 bits per heavy atom. The summed E-state index contributed by atoms with van der Waals surface area (Å²) in [6, 6.07) is 15.2. The summed E-state index contributed by atoms with van der Waals surface area (Å²) in [5, 5.41) is 11.1. The fraction of sp³-hybridized carbons (Fsp3) is 0.0435. The van der Waals surface area contributed by atoms with E-state index in [1.54, 1.807) is 24.3 Å². The average Bonchev–Trinajstić information content (AvgIpc) is 3.07. The number of non-ortho nitro benzene ring substituents is 1. The number of benzene rings is 3. The van der Waals surface area contributed by atoms with Crippen molar-refractivity contribution in [2.75, 3.05) is 4.90 Å². The molecule has 3 aromatic carbocycles. The van der Waals surface area contributed by atoms with Crippen molar-refractivity contribution >= 4 is 44.2 Å². The molecule has 5 rings (SSSR count). The minimum Gasteiger partial charge on any atom is -0.450 e. The molecule has 0 saturated heterocycles. The molecule has 1 atom stereocenters. The van der Waals surface area contributed by atoms with Crippen LogP contribution in [0.25, 0.3) is 11.0 Å². The Labute approximate surface area is 188 Å². The summed E-state index contributed by atoms with van der Waals surface area (Å²) < 4.78 is 20.3. The van der Waals surface area contributed by atoms with Gasteiger partial charge in [0.05, 0.1) is 21.9 Å². The van der Waals surface area contributed by atoms with Gasteiger partial charge in [-0.15, -0.1) is 0 Å². The maximum absolute atomic E-state index is 13.8. The van der Waals surface area contributed by atoms with Gasteiger partial charge >= 0.3 is 0 Å². The first-order valence-electron chi connectivity index (χ1n) is 9.45. The second-order valence-corrected chi connectivity index (χ2v) is 8.14. The van der Waals surface area contributed by atoms with Crippen molar-refractivity contribution < 1.29 is 18.5 Å². The lowest BCUT2D eigenvalue weighted by molar-refractivity contribution is -0.384. The Kier molecular flexibility index (Phi) is 4.63. The predicted octanol–water partition coefficient (Wildman–Crippen LogP) is 5.35. The third-order valence-corrected chi connectivity index (χ3v) is 5.83. The summed E-state index contributed by atoms with van der Waals surface area (Å²) in [5.74, 6) is -1.29. The molecule has 1 aliphatic heterocycles. The molecule has 1 aromatic heterocycles. The van der Waals surface area contributed by atoms with E-state index < -0.39 is 28.1 Å². The molecule has 1 unspecified atom stereocenters. The molecule has 1 amide bonds. The second kappa shape index (κ2) is 7.38. The molecule has 2 heterocycles. The summed E-state index contributed by atoms with van der Waals surface area (Å²) in [5.41, 5.74) is 0.471. The highest BCUT2D eigenvalue weighted by Crippen LogP contribution is 2.42. The predicted molar refractivity (Wildman–Crippen MR) is 118 cm³/mol. The van der Waals surface area contributed by atoms with Crippen molar-refractivity contribution in [3.05, 3.63) is 114 Å². The lowest BCUT2D eigenvalue weighted by Crippen LogP contribution is -2.29. The van der Waals surface area contributed by atoms with Crippen LogP contribution < -0.4 is 10.3 Å². The van der Waals surface area contributed by atoms with E-state index in [1.165, 1.54) is 35.2 Å². The Bertz CT molecular complexity index is 1480. The molecule has 0 spiro atoms. The molecule has 4 aromatic rings. The molecule has 0 radical (unpaired) electrons. The van der Waals surface area contributed by atoms with Crippen LogP contribution in [-0.2, 0) is 0 Å². The maximum atomic E-state index is 13.8. The van der Waals surface area contributed by atoms with E-state index in [4.69, 9.17) is 4.42 Å². The van der Waals surface area contributed by atoms with E-state index in [1.807, 2.05) is 0 Å². The summed E-state index contributed by atoms with van der Waals surface area (Å²) in [6.07, 6.45) is 0. The van der Waals surface area contributed by atoms with E-state index in [2.05, 4.69) is 15.9 Å². The van der Waals surface area contributed by atoms with Crippen LogP contribution in [-0.4, -0.2) is 10.8 Å². The van der Waals surface area contributed by atoms with E-state index >= 15 is 0 Å². The first kappa shape index (κ1) is 20.1. The van der Waals surface area contributed by atoms with Crippen LogP contribution in [0.5, 0.6) is 0 Å². The Morgan fingerprint density at radius 1 is 1.03 bits per heavy atom. The lowest BCUT2D eigenvalue weighted by Gasteiger charge is -2.25. The first-order valence-corrected chi connectivity index (χ1v) is 10.2. The third-order valence-electron chi connectivity index (χ3n) is 5.34. The second-order valence-electron chi connectivity index (χ2n) is 7.22. The molecular weight excluding hydrogens is 483 g/mol. The normalized spacial score (nSPS) is 15.2. The topological polar surface area (TPSA) is 93.7 Å². The van der Waals surface area contributed by atoms with E-state index in [0.717, 1.165) is 12.1 Å². The number of hydrogen-bond acceptors (Lipinski definition) is 5. The van der Waals surface area contributed by atoms with Crippen LogP contribution in [0.15, 0.2) is 80.4 Å². The SMILES string of the molecule is O=C1c2oc3ccc(F)cc3c(=O)c2C(c2ccc([N+](=O)[O-])cc2)N1c1cccc(Br)c1. The molecule has 32 heavy (non-hydrogen) atoms. The monoisotopic (exact) mass is 494 g/mol. The van der Waals surface area contributed by atoms with Crippen LogP contribution >= 0.6 is 15.9 Å². The number of nitro groups is 1. The van der Waals surface area contributed by atoms with Crippen LogP contribution in [0.3, 0.4) is 0 Å². The number of carbonyl (C=O) groups is 1. The smallest absolute Gasteiger partial charge is 0.295 e. The number of anilines is 1. The Morgan fingerprint density at radius 2 is 1.78 bits per heavy atom. The summed E-state index contributed by atoms with van der Waals surface area (Å²) in [6.45, 7) is 0. The number of nitrogens with zero attached hydrogens (tertiary/aromatic N) is 2. The zero-order valence-corrected chi connectivity index (χ0v) is 17.7. The van der Waals surface area contributed by atoms with Crippen LogP contribution in [0.1, 0.15) is 27.7 Å². The maximum Gasteiger partial charge on any atom is 0.295 e. The van der Waals surface area contributed by atoms with Crippen LogP contribution in [0.2, 0.25) is 0 Å². The fourth-order valence-corrected chi connectivity index (χ4v) is 4.32. The number of nitro benzene ring substituents is 1. The van der Waals surface area contributed by atoms with Crippen molar-refractivity contribution in [3.63, 3.8) is 0 Å². The highest BCUT2D eigenvalue weighted by Gasteiger charge is 2.43. The molecule has 7 nitrogen and oxygen atoms in total. The quantitative estimate of drug-likeness (QED) is 0.282. The van der Waals surface area contributed by atoms with Gasteiger partial charge in [-0.2, -0.15) is 0 Å². The summed E-state index contributed by atoms with van der Waals surface area (Å²) in [7, 11) is 0. The van der Waals surface area contributed by atoms with E-state index in [-0.39, 0.29) is 28.0 Å². The van der Waals surface area contributed by atoms with Crippen molar-refractivity contribution in [2.24, 2.45) is 0 Å². The van der Waals surface area contributed by atoms with Crippen LogP contribution in [0, 0.1) is 15.9 Å². The van der Waals surface area contributed by atoms with Crippen molar-refractivity contribution in [2.45, 2.75) is 6.04 Å². The van der Waals surface area contributed by atoms with Crippen molar-refractivity contribution in [1.82, 2.24) is 0 Å². The number of amides is 1. The molecule has 0 saturated carbocycles. The molecule has 0 fully saturated rings. The zero-order chi connectivity index (χ0) is 22.6. The van der Waals surface area contributed by atoms with Gasteiger partial charge in [0.1, 0.15) is 11.4 Å². The molecule has 0 aliphatic carbocycles. The van der Waals surface area contributed by atoms with Gasteiger partial charge in [-0.1, -0.05) is 22.0 Å². The standard InChI is InChI=1S/C23H12BrFN2O5/c24-13-2-1-3-16(10-13)26-20(12-4-7-15(8-5-12)27(30)31)19-21(28)17-11-14(25)6-9-18(17)32-22(19)23(26)29/h1-11,20H. The fourth-order valence-electron chi connectivity index (χ4n) is 3.93. The minimum absolute atomic E-state index is 0.0135. The molecule has 0 N–H and O–H groups in total. The largest absolute Gasteiger partial charge is 0.450 e. The number of hydrogen-bond donors (Lipinski definition) is 0. The van der Waals surface area contributed by atoms with Gasteiger partial charge in [0, 0.05) is 22.3 Å². The number of carbonyl (C=O) groups excluding carboxylic acids is 1. The van der Waals surface area contributed by atoms with Gasteiger partial charge in [-0.3, -0.25) is 24.6 Å². The van der Waals surface area contributed by atoms with Gasteiger partial charge in [0.15, 0.2) is 5.43 Å². The lowest BCUT2D eigenvalue weighted by atomic mass is 9.98. The summed E-state index contributed by atoms with van der Waals surface area (Å²) in [4.78, 5) is 38.8. The molecular formula is C23H12BrFN2O5. The van der Waals surface area contributed by atoms with Crippen molar-refractivity contribution in [3.8, 4) is 0 Å². The van der Waals surface area contributed by atoms with Gasteiger partial charge in [0.25, 0.3) is 11.6 Å². The number of halogens is 2. The van der Waals surface area contributed by atoms with E-state index in [9.17, 15) is 24.1 Å². The molecule has 9 heteroatoms. The highest BCUT2D eigenvalue weighted by atomic mass is 79.9. The van der Waals surface area contributed by atoms with Crippen LogP contribution in [0.4, 0.5) is 15.8 Å². The van der Waals surface area contributed by atoms with Gasteiger partial charge in [-0.25, -0.2) is 4.39 Å². The highest BCUT2D eigenvalue weighted by molar-refractivity contribution is 9.10. The van der Waals surface area contributed by atoms with Gasteiger partial charge in [-0.05, 0) is 54.1 Å². The molecule has 158 valence electrons. The molecule has 1 aliphatic rings. The van der Waals surface area contributed by atoms with E-state index in [0.29, 0.717) is 15.7 Å². The van der Waals surface area contributed by atoms with Gasteiger partial charge < -0.3 is 4.42 Å². The Balaban J connectivity index is 1.80. The van der Waals surface area contributed by atoms with Crippen molar-refractivity contribution in [1.29, 1.82) is 0 Å². The number of rotatable bonds is 3. The minimum atomic E-state index is -0.906. The zero-order valence-electron chi connectivity index (χ0n) is 16.1. The van der Waals surface area contributed by atoms with Gasteiger partial charge in [0.2, 0.25) is 5.76 Å². The summed E-state index contributed by atoms with van der Waals surface area (Å²) >= 11 is 3.38. The molecule has 0 bridgehead atoms. The first-order chi connectivity index (χ1) is 15.3. The third kappa shape index (κ3) is 3.09. The average molecular weight is 495 g/mol. The Hall–Kier alpha value is -3.85.